The number of β-lactam (4-membered cyclic amide) rings is 1. The number of carboxylic acid groups (broad SMARTS) is 1. The highest BCUT2D eigenvalue weighted by Gasteiger charge is 2.64. The predicted molar refractivity (Wildman–Crippen MR) is 74.1 cm³/mol. The molecule has 0 aromatic carbocycles. The first-order chi connectivity index (χ1) is 8.79. The Hall–Kier alpha value is -0.760. The van der Waals surface area contributed by atoms with Gasteiger partial charge >= 0.3 is 5.97 Å². The standard InChI is InChI=1S/C11H15BrN2O4S/c1-11(2)7(10(17)18)14-8(16)6(9(14)19-11)13-5(15)3-4-12/h6-7,9H,3-4H2,1-2H3,(H,13,15)(H,17,18)/t6-,7+,9-/m1/s1. The molecule has 2 amide bonds. The average Bonchev–Trinajstić information content (AvgIpc) is 2.55. The summed E-state index contributed by atoms with van der Waals surface area (Å²) in [6.07, 6.45) is 0.299. The molecule has 2 rings (SSSR count). The molecule has 3 atom stereocenters. The summed E-state index contributed by atoms with van der Waals surface area (Å²) in [7, 11) is 0. The van der Waals surface area contributed by atoms with Gasteiger partial charge in [0.15, 0.2) is 0 Å². The summed E-state index contributed by atoms with van der Waals surface area (Å²) >= 11 is 4.58. The van der Waals surface area contributed by atoms with Gasteiger partial charge in [0.25, 0.3) is 0 Å². The van der Waals surface area contributed by atoms with E-state index < -0.39 is 22.8 Å². The molecule has 0 bridgehead atoms. The SMILES string of the molecule is CC1(C)S[C@@H]2[C@H](NC(=O)CCBr)C(=O)N2[C@H]1C(=O)O. The van der Waals surface area contributed by atoms with Crippen LogP contribution < -0.4 is 5.32 Å². The Balaban J connectivity index is 2.10. The van der Waals surface area contributed by atoms with Crippen molar-refractivity contribution in [2.75, 3.05) is 5.33 Å². The lowest BCUT2D eigenvalue weighted by molar-refractivity contribution is -0.161. The summed E-state index contributed by atoms with van der Waals surface area (Å²) in [5, 5.41) is 12.2. The number of aliphatic carboxylic acids is 1. The van der Waals surface area contributed by atoms with E-state index in [1.807, 2.05) is 0 Å². The van der Waals surface area contributed by atoms with Gasteiger partial charge in [-0.15, -0.1) is 11.8 Å². The van der Waals surface area contributed by atoms with Crippen molar-refractivity contribution in [2.45, 2.75) is 42.5 Å². The second-order valence-corrected chi connectivity index (χ2v) is 7.65. The van der Waals surface area contributed by atoms with Crippen molar-refractivity contribution in [3.63, 3.8) is 0 Å². The first-order valence-corrected chi connectivity index (χ1v) is 7.88. The van der Waals surface area contributed by atoms with Gasteiger partial charge in [0.2, 0.25) is 11.8 Å². The van der Waals surface area contributed by atoms with E-state index in [1.165, 1.54) is 16.7 Å². The first kappa shape index (κ1) is 14.6. The smallest absolute Gasteiger partial charge is 0.327 e. The van der Waals surface area contributed by atoms with Crippen molar-refractivity contribution < 1.29 is 19.5 Å². The number of fused-ring (bicyclic) bond motifs is 1. The molecule has 0 aliphatic carbocycles. The lowest BCUT2D eigenvalue weighted by Gasteiger charge is -2.43. The molecule has 0 spiro atoms. The number of rotatable bonds is 4. The van der Waals surface area contributed by atoms with E-state index in [1.54, 1.807) is 13.8 Å². The van der Waals surface area contributed by atoms with Gasteiger partial charge in [0.1, 0.15) is 17.5 Å². The number of hydrogen-bond donors (Lipinski definition) is 2. The molecule has 0 aromatic heterocycles. The average molecular weight is 351 g/mol. The van der Waals surface area contributed by atoms with Crippen LogP contribution in [0.1, 0.15) is 20.3 Å². The molecule has 0 radical (unpaired) electrons. The zero-order valence-corrected chi connectivity index (χ0v) is 13.0. The summed E-state index contributed by atoms with van der Waals surface area (Å²) in [4.78, 5) is 36.2. The summed E-state index contributed by atoms with van der Waals surface area (Å²) < 4.78 is -0.555. The Bertz CT molecular complexity index is 442. The van der Waals surface area contributed by atoms with Crippen LogP contribution in [0.25, 0.3) is 0 Å². The molecule has 6 nitrogen and oxygen atoms in total. The molecule has 0 aromatic rings. The minimum atomic E-state index is -1.00. The third-order valence-electron chi connectivity index (χ3n) is 3.31. The highest BCUT2D eigenvalue weighted by molar-refractivity contribution is 9.09. The number of carboxylic acids is 1. The lowest BCUT2D eigenvalue weighted by Crippen LogP contribution is -2.70. The maximum Gasteiger partial charge on any atom is 0.327 e. The molecule has 2 aliphatic rings. The normalized spacial score (nSPS) is 31.6. The molecule has 8 heteroatoms. The van der Waals surface area contributed by atoms with Gasteiger partial charge < -0.3 is 15.3 Å². The number of carbonyl (C=O) groups is 3. The highest BCUT2D eigenvalue weighted by Crippen LogP contribution is 2.50. The van der Waals surface area contributed by atoms with Crippen molar-refractivity contribution in [3.05, 3.63) is 0 Å². The lowest BCUT2D eigenvalue weighted by atomic mass is 9.96. The fourth-order valence-electron chi connectivity index (χ4n) is 2.48. The van der Waals surface area contributed by atoms with Crippen LogP contribution in [-0.2, 0) is 14.4 Å². The fourth-order valence-corrected chi connectivity index (χ4v) is 4.46. The quantitative estimate of drug-likeness (QED) is 0.566. The van der Waals surface area contributed by atoms with Gasteiger partial charge in [-0.1, -0.05) is 15.9 Å². The van der Waals surface area contributed by atoms with E-state index >= 15 is 0 Å². The van der Waals surface area contributed by atoms with Crippen LogP contribution in [0, 0.1) is 0 Å². The van der Waals surface area contributed by atoms with Crippen LogP contribution in [0.5, 0.6) is 0 Å². The number of nitrogens with zero attached hydrogens (tertiary/aromatic N) is 1. The van der Waals surface area contributed by atoms with Crippen LogP contribution in [0.4, 0.5) is 0 Å². The van der Waals surface area contributed by atoms with E-state index in [0.717, 1.165) is 0 Å². The van der Waals surface area contributed by atoms with Gasteiger partial charge in [-0.3, -0.25) is 9.59 Å². The van der Waals surface area contributed by atoms with Crippen LogP contribution >= 0.6 is 27.7 Å². The van der Waals surface area contributed by atoms with Crippen molar-refractivity contribution in [2.24, 2.45) is 0 Å². The zero-order valence-electron chi connectivity index (χ0n) is 10.6. The number of hydrogen-bond acceptors (Lipinski definition) is 4. The Morgan fingerprint density at radius 1 is 1.53 bits per heavy atom. The predicted octanol–water partition coefficient (Wildman–Crippen LogP) is 0.403. The minimum Gasteiger partial charge on any atom is -0.480 e. The summed E-state index contributed by atoms with van der Waals surface area (Å²) in [6.45, 7) is 3.61. The molecule has 106 valence electrons. The van der Waals surface area contributed by atoms with Crippen LogP contribution in [0.15, 0.2) is 0 Å². The Kier molecular flexibility index (Phi) is 3.83. The number of halogens is 1. The minimum absolute atomic E-state index is 0.202. The Morgan fingerprint density at radius 2 is 2.16 bits per heavy atom. The molecule has 2 fully saturated rings. The van der Waals surface area contributed by atoms with Gasteiger partial charge in [0, 0.05) is 16.5 Å². The topological polar surface area (TPSA) is 86.7 Å². The third kappa shape index (κ3) is 2.35. The Morgan fingerprint density at radius 3 is 2.68 bits per heavy atom. The summed E-state index contributed by atoms with van der Waals surface area (Å²) in [5.41, 5.74) is 0. The number of nitrogens with one attached hydrogen (secondary N) is 1. The molecular weight excluding hydrogens is 336 g/mol. The molecular formula is C11H15BrN2O4S. The number of amides is 2. The van der Waals surface area contributed by atoms with Crippen LogP contribution in [0.3, 0.4) is 0 Å². The van der Waals surface area contributed by atoms with Crippen molar-refractivity contribution in [1.82, 2.24) is 10.2 Å². The number of thioether (sulfide) groups is 1. The van der Waals surface area contributed by atoms with Crippen LogP contribution in [0.2, 0.25) is 0 Å². The molecule has 0 unspecified atom stereocenters. The molecule has 2 aliphatic heterocycles. The largest absolute Gasteiger partial charge is 0.480 e. The molecule has 0 saturated carbocycles. The summed E-state index contributed by atoms with van der Waals surface area (Å²) in [6, 6.07) is -1.43. The first-order valence-electron chi connectivity index (χ1n) is 5.87. The monoisotopic (exact) mass is 350 g/mol. The Labute approximate surface area is 123 Å². The number of alkyl halides is 1. The molecule has 2 heterocycles. The number of carbonyl (C=O) groups excluding carboxylic acids is 2. The summed E-state index contributed by atoms with van der Waals surface area (Å²) in [5.74, 6) is -1.51. The van der Waals surface area contributed by atoms with Crippen molar-refractivity contribution in [3.8, 4) is 0 Å². The van der Waals surface area contributed by atoms with E-state index in [0.29, 0.717) is 11.8 Å². The van der Waals surface area contributed by atoms with E-state index in [-0.39, 0.29) is 17.2 Å². The van der Waals surface area contributed by atoms with Gasteiger partial charge in [0.05, 0.1) is 0 Å². The van der Waals surface area contributed by atoms with E-state index in [4.69, 9.17) is 0 Å². The third-order valence-corrected chi connectivity index (χ3v) is 5.28. The zero-order chi connectivity index (χ0) is 14.4. The molecule has 2 saturated heterocycles. The van der Waals surface area contributed by atoms with Crippen LogP contribution in [-0.4, -0.2) is 55.3 Å². The second kappa shape index (κ2) is 4.97. The second-order valence-electron chi connectivity index (χ2n) is 5.08. The molecule has 19 heavy (non-hydrogen) atoms. The maximum atomic E-state index is 12.0. The van der Waals surface area contributed by atoms with Gasteiger partial charge in [-0.05, 0) is 13.8 Å². The molecule has 2 N–H and O–H groups in total. The van der Waals surface area contributed by atoms with Crippen molar-refractivity contribution >= 4 is 45.5 Å². The highest BCUT2D eigenvalue weighted by atomic mass is 79.9. The van der Waals surface area contributed by atoms with Crippen molar-refractivity contribution in [1.29, 1.82) is 0 Å². The maximum absolute atomic E-state index is 12.0. The fraction of sp³-hybridized carbons (Fsp3) is 0.727. The van der Waals surface area contributed by atoms with Gasteiger partial charge in [-0.2, -0.15) is 0 Å². The van der Waals surface area contributed by atoms with E-state index in [9.17, 15) is 19.5 Å². The van der Waals surface area contributed by atoms with Gasteiger partial charge in [-0.25, -0.2) is 4.79 Å². The van der Waals surface area contributed by atoms with E-state index in [2.05, 4.69) is 21.2 Å².